The fraction of sp³-hybridized carbons (Fsp3) is 0.435. The molecule has 4 atom stereocenters. The van der Waals surface area contributed by atoms with Crippen molar-refractivity contribution in [3.05, 3.63) is 62.4 Å². The highest BCUT2D eigenvalue weighted by molar-refractivity contribution is 6.30. The molecule has 0 unspecified atom stereocenters. The Morgan fingerprint density at radius 2 is 1.67 bits per heavy atom. The molecule has 1 aromatic heterocycles. The summed E-state index contributed by atoms with van der Waals surface area (Å²) in [6, 6.07) is 5.56. The molecule has 2 fully saturated rings. The molecule has 3 N–H and O–H groups in total. The maximum absolute atomic E-state index is 13.3. The van der Waals surface area contributed by atoms with E-state index in [0.717, 1.165) is 23.1 Å². The predicted molar refractivity (Wildman–Crippen MR) is 122 cm³/mol. The molecule has 0 aliphatic carbocycles. The Labute approximate surface area is 203 Å². The van der Waals surface area contributed by atoms with Gasteiger partial charge in [-0.2, -0.15) is 9.69 Å². The average Bonchev–Trinajstić information content (AvgIpc) is 3.31. The Kier molecular flexibility index (Phi) is 6.08. The largest absolute Gasteiger partial charge is 0.394 e. The number of imide groups is 1. The summed E-state index contributed by atoms with van der Waals surface area (Å²) < 4.78 is 6.49. The molecule has 5 rings (SSSR count). The lowest BCUT2D eigenvalue weighted by Gasteiger charge is -2.31. The van der Waals surface area contributed by atoms with Crippen LogP contribution < -0.4 is 21.2 Å². The van der Waals surface area contributed by atoms with Crippen molar-refractivity contribution < 1.29 is 34.4 Å². The smallest absolute Gasteiger partial charge is 0.353 e. The normalized spacial score (nSPS) is 26.5. The van der Waals surface area contributed by atoms with Gasteiger partial charge in [0.2, 0.25) is 0 Å². The first-order valence-corrected chi connectivity index (χ1v) is 11.5. The molecule has 0 spiro atoms. The second-order valence-electron chi connectivity index (χ2n) is 9.00. The van der Waals surface area contributed by atoms with Gasteiger partial charge < -0.3 is 29.8 Å². The summed E-state index contributed by atoms with van der Waals surface area (Å²) in [5.74, 6) is -1.77. The number of fused-ring (bicyclic) bond motifs is 1. The van der Waals surface area contributed by atoms with E-state index in [4.69, 9.17) is 4.74 Å². The van der Waals surface area contributed by atoms with Crippen LogP contribution in [0.4, 0.5) is 5.69 Å². The van der Waals surface area contributed by atoms with Gasteiger partial charge in [-0.25, -0.2) is 4.79 Å². The number of benzene rings is 1. The Bertz CT molecular complexity index is 1340. The number of aliphatic hydroxyl groups excluding tert-OH is 3. The summed E-state index contributed by atoms with van der Waals surface area (Å²) in [6.07, 6.45) is -2.47. The third kappa shape index (κ3) is 3.67. The van der Waals surface area contributed by atoms with Gasteiger partial charge in [0.05, 0.1) is 17.7 Å². The molecule has 0 radical (unpaired) electrons. The molecule has 36 heavy (non-hydrogen) atoms. The van der Waals surface area contributed by atoms with Gasteiger partial charge in [0.15, 0.2) is 6.23 Å². The number of hydrogen-bond donors (Lipinski definition) is 3. The molecule has 3 aliphatic heterocycles. The van der Waals surface area contributed by atoms with Crippen LogP contribution in [0, 0.1) is 5.92 Å². The zero-order valence-electron chi connectivity index (χ0n) is 19.0. The van der Waals surface area contributed by atoms with Crippen LogP contribution >= 0.6 is 0 Å². The zero-order chi connectivity index (χ0) is 25.7. The number of aliphatic hydroxyl groups is 3. The van der Waals surface area contributed by atoms with Crippen molar-refractivity contribution in [3.63, 3.8) is 0 Å². The first-order valence-electron chi connectivity index (χ1n) is 11.5. The van der Waals surface area contributed by atoms with Gasteiger partial charge in [0, 0.05) is 37.0 Å². The van der Waals surface area contributed by atoms with Crippen molar-refractivity contribution in [2.24, 2.45) is 5.92 Å². The van der Waals surface area contributed by atoms with E-state index in [1.807, 2.05) is 4.90 Å². The van der Waals surface area contributed by atoms with E-state index in [9.17, 15) is 39.3 Å². The fourth-order valence-electron chi connectivity index (χ4n) is 4.86. The van der Waals surface area contributed by atoms with Gasteiger partial charge in [0.1, 0.15) is 24.6 Å². The predicted octanol–water partition coefficient (Wildman–Crippen LogP) is -2.03. The van der Waals surface area contributed by atoms with Crippen molar-refractivity contribution >= 4 is 23.8 Å². The molecule has 190 valence electrons. The average molecular weight is 500 g/mol. The number of carbonyl (C=O) groups is 3. The number of aromatic nitrogens is 2. The number of piperidine rings is 1. The number of amides is 2. The number of rotatable bonds is 5. The van der Waals surface area contributed by atoms with Gasteiger partial charge in [0.25, 0.3) is 17.4 Å². The molecule has 13 heteroatoms. The van der Waals surface area contributed by atoms with Crippen LogP contribution in [0.25, 0.3) is 0 Å². The maximum Gasteiger partial charge on any atom is 0.353 e. The molecule has 4 heterocycles. The van der Waals surface area contributed by atoms with Crippen LogP contribution in [0.15, 0.2) is 40.1 Å². The maximum atomic E-state index is 13.3. The topological polar surface area (TPSA) is 172 Å². The van der Waals surface area contributed by atoms with E-state index in [0.29, 0.717) is 41.3 Å². The highest BCUT2D eigenvalue weighted by Crippen LogP contribution is 2.30. The molecule has 2 amide bonds. The van der Waals surface area contributed by atoms with Crippen molar-refractivity contribution in [1.29, 1.82) is 0 Å². The molecular formula is C23H24N4O9. The molecule has 0 saturated carbocycles. The third-order valence-corrected chi connectivity index (χ3v) is 6.93. The minimum absolute atomic E-state index is 0.0150. The summed E-state index contributed by atoms with van der Waals surface area (Å²) in [5.41, 5.74) is -1.41. The lowest BCUT2D eigenvalue weighted by Crippen LogP contribution is -2.55. The van der Waals surface area contributed by atoms with Crippen LogP contribution in [0.2, 0.25) is 0 Å². The highest BCUT2D eigenvalue weighted by atomic mass is 16.6. The first kappa shape index (κ1) is 24.1. The molecule has 0 bridgehead atoms. The number of hydrogen-bond acceptors (Lipinski definition) is 10. The summed E-state index contributed by atoms with van der Waals surface area (Å²) in [4.78, 5) is 65.3. The molecule has 3 aliphatic rings. The van der Waals surface area contributed by atoms with Gasteiger partial charge >= 0.3 is 5.69 Å². The lowest BCUT2D eigenvalue weighted by atomic mass is 9.97. The van der Waals surface area contributed by atoms with E-state index in [1.54, 1.807) is 6.07 Å². The number of nitrogens with zero attached hydrogens (tertiary/aromatic N) is 4. The van der Waals surface area contributed by atoms with E-state index in [2.05, 4.69) is 0 Å². The third-order valence-electron chi connectivity index (χ3n) is 6.93. The number of aldehydes is 1. The van der Waals surface area contributed by atoms with Crippen LogP contribution in [0.5, 0.6) is 0 Å². The van der Waals surface area contributed by atoms with Gasteiger partial charge in [-0.1, -0.05) is 0 Å². The standard InChI is InChI=1S/C23H24N4O9/c28-10-12-3-6-24(7-4-12)13-1-2-14-15(9-13)21(34)27(20(14)33)26-17(30)5-8-25(23(26)35)22-19(32)18(31)16(11-29)36-22/h1-2,5,8-10,12,16,18-19,22,29,31-32H,3-4,6-7,11H2/t16-,18-,19-,22-/m1/s1. The van der Waals surface area contributed by atoms with Crippen LogP contribution in [-0.4, -0.2) is 80.7 Å². The molecule has 1 aromatic carbocycles. The molecule has 2 saturated heterocycles. The number of anilines is 1. The number of ether oxygens (including phenoxy) is 1. The molecule has 2 aromatic rings. The van der Waals surface area contributed by atoms with Crippen molar-refractivity contribution in [2.75, 3.05) is 29.6 Å². The van der Waals surface area contributed by atoms with Crippen LogP contribution in [0.3, 0.4) is 0 Å². The van der Waals surface area contributed by atoms with Crippen molar-refractivity contribution in [1.82, 2.24) is 9.24 Å². The van der Waals surface area contributed by atoms with Crippen molar-refractivity contribution in [2.45, 2.75) is 37.4 Å². The fourth-order valence-corrected chi connectivity index (χ4v) is 4.86. The first-order chi connectivity index (χ1) is 17.3. The second-order valence-corrected chi connectivity index (χ2v) is 9.00. The Morgan fingerprint density at radius 1 is 0.972 bits per heavy atom. The summed E-state index contributed by atoms with van der Waals surface area (Å²) in [6.45, 7) is 0.569. The highest BCUT2D eigenvalue weighted by Gasteiger charge is 2.45. The molecule has 13 nitrogen and oxygen atoms in total. The summed E-state index contributed by atoms with van der Waals surface area (Å²) in [7, 11) is 0. The molecular weight excluding hydrogens is 476 g/mol. The van der Waals surface area contributed by atoms with E-state index < -0.39 is 54.2 Å². The Morgan fingerprint density at radius 3 is 2.31 bits per heavy atom. The van der Waals surface area contributed by atoms with E-state index >= 15 is 0 Å². The van der Waals surface area contributed by atoms with Gasteiger partial charge in [-0.3, -0.25) is 19.0 Å². The Hall–Kier alpha value is -3.65. The Balaban J connectivity index is 1.49. The summed E-state index contributed by atoms with van der Waals surface area (Å²) in [5, 5.41) is 30.1. The monoisotopic (exact) mass is 500 g/mol. The lowest BCUT2D eigenvalue weighted by molar-refractivity contribution is -0.111. The minimum Gasteiger partial charge on any atom is -0.394 e. The quantitative estimate of drug-likeness (QED) is 0.307. The second kappa shape index (κ2) is 9.09. The van der Waals surface area contributed by atoms with Gasteiger partial charge in [-0.05, 0) is 31.0 Å². The summed E-state index contributed by atoms with van der Waals surface area (Å²) >= 11 is 0. The van der Waals surface area contributed by atoms with Crippen LogP contribution in [0.1, 0.15) is 39.8 Å². The van der Waals surface area contributed by atoms with Crippen molar-refractivity contribution in [3.8, 4) is 0 Å². The minimum atomic E-state index is -1.61. The zero-order valence-corrected chi connectivity index (χ0v) is 19.0. The SMILES string of the molecule is O=CC1CCN(c2ccc3c(c2)C(=O)N(n2c(=O)ccn([C@@H]4O[C@H](CO)[C@@H](O)[C@H]4O)c2=O)C3=O)CC1. The van der Waals surface area contributed by atoms with Crippen LogP contribution in [-0.2, 0) is 9.53 Å². The van der Waals surface area contributed by atoms with E-state index in [-0.39, 0.29) is 17.0 Å². The number of carbonyl (C=O) groups excluding carboxylic acids is 3. The van der Waals surface area contributed by atoms with E-state index in [1.165, 1.54) is 12.1 Å². The van der Waals surface area contributed by atoms with Gasteiger partial charge in [-0.15, -0.1) is 0 Å².